The summed E-state index contributed by atoms with van der Waals surface area (Å²) in [7, 11) is 1.83. The molecule has 0 aliphatic carbocycles. The van der Waals surface area contributed by atoms with Gasteiger partial charge in [0.15, 0.2) is 5.96 Å². The molecule has 1 saturated heterocycles. The molecule has 2 aromatic carbocycles. The molecule has 0 spiro atoms. The number of nitrogens with one attached hydrogen (secondary N) is 1. The molecule has 0 radical (unpaired) electrons. The molecule has 27 heavy (non-hydrogen) atoms. The number of anilines is 1. The van der Waals surface area contributed by atoms with E-state index in [1.165, 1.54) is 5.56 Å². The third kappa shape index (κ3) is 3.68. The monoisotopic (exact) mass is 362 g/mol. The van der Waals surface area contributed by atoms with Gasteiger partial charge in [0.05, 0.1) is 6.42 Å². The van der Waals surface area contributed by atoms with Gasteiger partial charge in [0.25, 0.3) is 0 Å². The van der Waals surface area contributed by atoms with Crippen LogP contribution in [0.3, 0.4) is 0 Å². The zero-order chi connectivity index (χ0) is 18.6. The fraction of sp³-hybridized carbons (Fsp3) is 0.364. The van der Waals surface area contributed by atoms with E-state index in [-0.39, 0.29) is 5.91 Å². The Hall–Kier alpha value is -2.82. The Balaban J connectivity index is 1.32. The smallest absolute Gasteiger partial charge is 0.231 e. The second-order valence-electron chi connectivity index (χ2n) is 7.17. The molecule has 5 nitrogen and oxygen atoms in total. The first-order chi connectivity index (χ1) is 13.3. The number of guanidine groups is 1. The standard InChI is InChI=1S/C22H26N4O/c1-23-22(25-13-11-19(16-25)17-7-3-2-4-8-17)24-12-14-26-20-10-6-5-9-18(20)15-21(26)27/h2-10,19H,11-16H2,1H3,(H,23,24). The topological polar surface area (TPSA) is 47.9 Å². The summed E-state index contributed by atoms with van der Waals surface area (Å²) < 4.78 is 0. The molecule has 1 atom stereocenters. The SMILES string of the molecule is CN=C(NCCN1C(=O)Cc2ccccc21)N1CCC(c2ccccc2)C1. The number of aliphatic imine (C=N–C) groups is 1. The molecule has 0 aromatic heterocycles. The van der Waals surface area contributed by atoms with Crippen LogP contribution in [-0.4, -0.2) is 50.0 Å². The van der Waals surface area contributed by atoms with Crippen LogP contribution >= 0.6 is 0 Å². The summed E-state index contributed by atoms with van der Waals surface area (Å²) in [5.74, 6) is 1.66. The van der Waals surface area contributed by atoms with E-state index in [0.29, 0.717) is 25.4 Å². The van der Waals surface area contributed by atoms with Crippen molar-refractivity contribution in [3.05, 3.63) is 65.7 Å². The molecule has 140 valence electrons. The van der Waals surface area contributed by atoms with Crippen LogP contribution in [0, 0.1) is 0 Å². The van der Waals surface area contributed by atoms with E-state index < -0.39 is 0 Å². The van der Waals surface area contributed by atoms with E-state index >= 15 is 0 Å². The van der Waals surface area contributed by atoms with Crippen LogP contribution in [0.4, 0.5) is 5.69 Å². The predicted octanol–water partition coefficient (Wildman–Crippen LogP) is 2.64. The minimum atomic E-state index is 0.179. The van der Waals surface area contributed by atoms with Crippen molar-refractivity contribution in [1.82, 2.24) is 10.2 Å². The Morgan fingerprint density at radius 3 is 2.74 bits per heavy atom. The number of benzene rings is 2. The van der Waals surface area contributed by atoms with Crippen LogP contribution in [-0.2, 0) is 11.2 Å². The number of nitrogens with zero attached hydrogens (tertiary/aromatic N) is 3. The molecule has 4 rings (SSSR count). The van der Waals surface area contributed by atoms with Crippen LogP contribution in [0.5, 0.6) is 0 Å². The van der Waals surface area contributed by atoms with Crippen LogP contribution in [0.1, 0.15) is 23.5 Å². The highest BCUT2D eigenvalue weighted by molar-refractivity contribution is 6.01. The summed E-state index contributed by atoms with van der Waals surface area (Å²) in [6.07, 6.45) is 1.65. The maximum atomic E-state index is 12.3. The number of para-hydroxylation sites is 1. The van der Waals surface area contributed by atoms with Gasteiger partial charge in [-0.15, -0.1) is 0 Å². The fourth-order valence-electron chi connectivity index (χ4n) is 4.12. The molecule has 2 aromatic rings. The summed E-state index contributed by atoms with van der Waals surface area (Å²) in [5.41, 5.74) is 3.57. The van der Waals surface area contributed by atoms with E-state index in [4.69, 9.17) is 0 Å². The number of likely N-dealkylation sites (tertiary alicyclic amines) is 1. The zero-order valence-corrected chi connectivity index (χ0v) is 15.8. The van der Waals surface area contributed by atoms with Crippen molar-refractivity contribution in [2.24, 2.45) is 4.99 Å². The number of carbonyl (C=O) groups is 1. The molecular weight excluding hydrogens is 336 g/mol. The van der Waals surface area contributed by atoms with Crippen LogP contribution in [0.25, 0.3) is 0 Å². The quantitative estimate of drug-likeness (QED) is 0.672. The Bertz CT molecular complexity index is 833. The van der Waals surface area contributed by atoms with E-state index in [0.717, 1.165) is 36.7 Å². The molecule has 2 aliphatic rings. The van der Waals surface area contributed by atoms with Crippen molar-refractivity contribution < 1.29 is 4.79 Å². The number of carbonyl (C=O) groups excluding carboxylic acids is 1. The van der Waals surface area contributed by atoms with E-state index in [2.05, 4.69) is 45.5 Å². The molecule has 5 heteroatoms. The second-order valence-corrected chi connectivity index (χ2v) is 7.17. The average Bonchev–Trinajstić information content (AvgIpc) is 3.31. The van der Waals surface area contributed by atoms with Crippen molar-refractivity contribution >= 4 is 17.6 Å². The molecule has 2 aliphatic heterocycles. The summed E-state index contributed by atoms with van der Waals surface area (Å²) >= 11 is 0. The third-order valence-corrected chi connectivity index (χ3v) is 5.51. The maximum absolute atomic E-state index is 12.3. The van der Waals surface area contributed by atoms with Gasteiger partial charge in [-0.05, 0) is 23.6 Å². The van der Waals surface area contributed by atoms with Crippen molar-refractivity contribution in [1.29, 1.82) is 0 Å². The van der Waals surface area contributed by atoms with Gasteiger partial charge in [-0.1, -0.05) is 48.5 Å². The third-order valence-electron chi connectivity index (χ3n) is 5.51. The van der Waals surface area contributed by atoms with Gasteiger partial charge >= 0.3 is 0 Å². The fourth-order valence-corrected chi connectivity index (χ4v) is 4.12. The molecule has 1 N–H and O–H groups in total. The van der Waals surface area contributed by atoms with Gasteiger partial charge < -0.3 is 15.1 Å². The van der Waals surface area contributed by atoms with Gasteiger partial charge in [-0.3, -0.25) is 9.79 Å². The molecular formula is C22H26N4O. The van der Waals surface area contributed by atoms with E-state index in [9.17, 15) is 4.79 Å². The number of fused-ring (bicyclic) bond motifs is 1. The minimum Gasteiger partial charge on any atom is -0.354 e. The molecule has 1 fully saturated rings. The number of amides is 1. The highest BCUT2D eigenvalue weighted by Crippen LogP contribution is 2.28. The number of hydrogen-bond acceptors (Lipinski definition) is 2. The Labute approximate surface area is 160 Å². The predicted molar refractivity (Wildman–Crippen MR) is 109 cm³/mol. The van der Waals surface area contributed by atoms with Gasteiger partial charge in [-0.2, -0.15) is 0 Å². The van der Waals surface area contributed by atoms with Crippen LogP contribution < -0.4 is 10.2 Å². The molecule has 2 heterocycles. The first-order valence-electron chi connectivity index (χ1n) is 9.65. The molecule has 0 saturated carbocycles. The van der Waals surface area contributed by atoms with Crippen molar-refractivity contribution in [3.63, 3.8) is 0 Å². The summed E-state index contributed by atoms with van der Waals surface area (Å²) in [6.45, 7) is 3.34. The summed E-state index contributed by atoms with van der Waals surface area (Å²) in [4.78, 5) is 20.9. The zero-order valence-electron chi connectivity index (χ0n) is 15.8. The Morgan fingerprint density at radius 1 is 1.15 bits per heavy atom. The van der Waals surface area contributed by atoms with Crippen LogP contribution in [0.15, 0.2) is 59.6 Å². The normalized spacial score (nSPS) is 19.5. The number of rotatable bonds is 4. The molecule has 0 bridgehead atoms. The number of hydrogen-bond donors (Lipinski definition) is 1. The van der Waals surface area contributed by atoms with Gasteiger partial charge in [0.2, 0.25) is 5.91 Å². The van der Waals surface area contributed by atoms with Crippen molar-refractivity contribution in [2.75, 3.05) is 38.1 Å². The van der Waals surface area contributed by atoms with E-state index in [1.807, 2.05) is 36.2 Å². The lowest BCUT2D eigenvalue weighted by molar-refractivity contribution is -0.117. The van der Waals surface area contributed by atoms with Crippen molar-refractivity contribution in [2.45, 2.75) is 18.8 Å². The van der Waals surface area contributed by atoms with Crippen LogP contribution in [0.2, 0.25) is 0 Å². The van der Waals surface area contributed by atoms with Gasteiger partial charge in [0, 0.05) is 44.8 Å². The lowest BCUT2D eigenvalue weighted by Gasteiger charge is -2.23. The van der Waals surface area contributed by atoms with E-state index in [1.54, 1.807) is 0 Å². The largest absolute Gasteiger partial charge is 0.354 e. The lowest BCUT2D eigenvalue weighted by Crippen LogP contribution is -2.43. The Morgan fingerprint density at radius 2 is 1.93 bits per heavy atom. The first kappa shape index (κ1) is 17.6. The minimum absolute atomic E-state index is 0.179. The van der Waals surface area contributed by atoms with Gasteiger partial charge in [0.1, 0.15) is 0 Å². The summed E-state index contributed by atoms with van der Waals surface area (Å²) in [6, 6.07) is 18.7. The molecule has 1 unspecified atom stereocenters. The van der Waals surface area contributed by atoms with Gasteiger partial charge in [-0.25, -0.2) is 0 Å². The molecule has 1 amide bonds. The highest BCUT2D eigenvalue weighted by Gasteiger charge is 2.28. The average molecular weight is 362 g/mol. The second kappa shape index (κ2) is 7.82. The Kier molecular flexibility index (Phi) is 5.10. The maximum Gasteiger partial charge on any atom is 0.231 e. The first-order valence-corrected chi connectivity index (χ1v) is 9.65. The summed E-state index contributed by atoms with van der Waals surface area (Å²) in [5, 5.41) is 3.44. The highest BCUT2D eigenvalue weighted by atomic mass is 16.2. The van der Waals surface area contributed by atoms with Crippen molar-refractivity contribution in [3.8, 4) is 0 Å². The lowest BCUT2D eigenvalue weighted by atomic mass is 9.99.